The molecule has 9 heteroatoms. The number of rotatable bonds is 15. The fraction of sp³-hybridized carbons (Fsp3) is 0.500. The van der Waals surface area contributed by atoms with Crippen molar-refractivity contribution in [3.05, 3.63) is 136 Å². The van der Waals surface area contributed by atoms with Crippen molar-refractivity contribution in [2.75, 3.05) is 19.8 Å². The second-order valence-corrected chi connectivity index (χ2v) is 14.9. The van der Waals surface area contributed by atoms with E-state index in [4.69, 9.17) is 0 Å². The number of hydrogen-bond donors (Lipinski definition) is 3. The Morgan fingerprint density at radius 2 is 0.627 bits per heavy atom. The van der Waals surface area contributed by atoms with Crippen LogP contribution in [0.3, 0.4) is 0 Å². The average Bonchev–Trinajstić information content (AvgIpc) is 3.09. The van der Waals surface area contributed by atoms with Crippen LogP contribution >= 0.6 is 0 Å². The van der Waals surface area contributed by atoms with E-state index in [1.54, 1.807) is 20.8 Å². The Hall–Kier alpha value is -4.05. The van der Waals surface area contributed by atoms with E-state index in [1.807, 2.05) is 96.1 Å². The van der Waals surface area contributed by atoms with E-state index in [0.29, 0.717) is 0 Å². The van der Waals surface area contributed by atoms with Crippen LogP contribution in [0.4, 0.5) is 0 Å². The van der Waals surface area contributed by atoms with Crippen LogP contribution in [-0.2, 0) is 19.3 Å². The molecule has 0 saturated heterocycles. The summed E-state index contributed by atoms with van der Waals surface area (Å²) in [5, 5.41) is 31.7. The highest BCUT2D eigenvalue weighted by atomic mass is 16.3. The Balaban J connectivity index is 2.15. The van der Waals surface area contributed by atoms with E-state index in [1.165, 1.54) is 13.7 Å². The number of aliphatic hydroxyl groups is 3. The summed E-state index contributed by atoms with van der Waals surface area (Å²) in [5.74, 6) is -1.60. The standard InChI is InChI=1S/C42H57N3O6/c1-25-13-10-14-26(2)34(25)19-37(31(7)22-46)43-40(49)44(38(32(8)23-47)20-35-27(3)15-11-16-28(35)4)42(51)45(41(43)50)39(33(9)24-48)21-36-29(5)17-12-18-30(36)6/h10-18,31-33,37-39,46-48H,19-24H2,1-9H3. The third kappa shape index (κ3) is 8.21. The Morgan fingerprint density at radius 1 is 0.431 bits per heavy atom. The number of nitrogens with zero attached hydrogens (tertiary/aromatic N) is 3. The molecule has 0 aliphatic heterocycles. The van der Waals surface area contributed by atoms with Crippen LogP contribution in [0.25, 0.3) is 0 Å². The molecule has 0 spiro atoms. The van der Waals surface area contributed by atoms with Gasteiger partial charge < -0.3 is 15.3 Å². The van der Waals surface area contributed by atoms with Gasteiger partial charge in [-0.3, -0.25) is 0 Å². The summed E-state index contributed by atoms with van der Waals surface area (Å²) in [5.41, 5.74) is 6.56. The van der Waals surface area contributed by atoms with Crippen LogP contribution in [0, 0.1) is 59.3 Å². The molecule has 0 fully saturated rings. The van der Waals surface area contributed by atoms with Crippen molar-refractivity contribution in [3.63, 3.8) is 0 Å². The number of benzene rings is 3. The molecule has 1 heterocycles. The van der Waals surface area contributed by atoms with Gasteiger partial charge in [-0.2, -0.15) is 0 Å². The minimum atomic E-state index is -0.802. The van der Waals surface area contributed by atoms with Crippen molar-refractivity contribution in [2.24, 2.45) is 17.8 Å². The molecule has 6 unspecified atom stereocenters. The van der Waals surface area contributed by atoms with Crippen molar-refractivity contribution in [2.45, 2.75) is 99.7 Å². The smallest absolute Gasteiger partial charge is 0.336 e. The van der Waals surface area contributed by atoms with E-state index in [9.17, 15) is 15.3 Å². The fourth-order valence-electron chi connectivity index (χ4n) is 7.59. The minimum absolute atomic E-state index is 0.280. The zero-order valence-electron chi connectivity index (χ0n) is 31.8. The molecule has 0 bridgehead atoms. The van der Waals surface area contributed by atoms with Gasteiger partial charge >= 0.3 is 17.1 Å². The van der Waals surface area contributed by atoms with Crippen molar-refractivity contribution >= 4 is 0 Å². The highest BCUT2D eigenvalue weighted by Crippen LogP contribution is 2.29. The second kappa shape index (κ2) is 17.0. The highest BCUT2D eigenvalue weighted by Gasteiger charge is 2.35. The summed E-state index contributed by atoms with van der Waals surface area (Å²) in [6.45, 7) is 16.4. The predicted molar refractivity (Wildman–Crippen MR) is 204 cm³/mol. The van der Waals surface area contributed by atoms with E-state index in [2.05, 4.69) is 0 Å². The van der Waals surface area contributed by atoms with Crippen LogP contribution < -0.4 is 17.1 Å². The van der Waals surface area contributed by atoms with E-state index < -0.39 is 52.9 Å². The quantitative estimate of drug-likeness (QED) is 0.156. The van der Waals surface area contributed by atoms with E-state index in [-0.39, 0.29) is 39.1 Å². The van der Waals surface area contributed by atoms with Crippen LogP contribution in [0.5, 0.6) is 0 Å². The molecule has 0 aliphatic rings. The number of aryl methyl sites for hydroxylation is 6. The van der Waals surface area contributed by atoms with Gasteiger partial charge in [0.05, 0.1) is 18.1 Å². The van der Waals surface area contributed by atoms with Crippen molar-refractivity contribution in [1.29, 1.82) is 0 Å². The maximum atomic E-state index is 15.0. The van der Waals surface area contributed by atoms with Gasteiger partial charge in [0.1, 0.15) is 0 Å². The summed E-state index contributed by atoms with van der Waals surface area (Å²) < 4.78 is 3.54. The summed E-state index contributed by atoms with van der Waals surface area (Å²) in [7, 11) is 0. The molecule has 9 nitrogen and oxygen atoms in total. The molecule has 3 N–H and O–H groups in total. The van der Waals surface area contributed by atoms with Crippen LogP contribution in [0.1, 0.15) is 89.0 Å². The second-order valence-electron chi connectivity index (χ2n) is 14.9. The maximum Gasteiger partial charge on any atom is 0.336 e. The van der Waals surface area contributed by atoms with Crippen molar-refractivity contribution < 1.29 is 15.3 Å². The lowest BCUT2D eigenvalue weighted by Gasteiger charge is -2.33. The molecule has 0 amide bonds. The SMILES string of the molecule is Cc1cccc(C)c1CC(C(C)CO)n1c(=O)n(C(Cc2c(C)cccc2C)C(C)CO)c(=O)n(C(Cc2c(C)cccc2C)C(C)CO)c1=O. The van der Waals surface area contributed by atoms with Crippen molar-refractivity contribution in [3.8, 4) is 0 Å². The summed E-state index contributed by atoms with van der Waals surface area (Å²) in [6.07, 6.45) is 0.839. The molecule has 4 rings (SSSR count). The number of hydrogen-bond acceptors (Lipinski definition) is 6. The molecule has 0 radical (unpaired) electrons. The van der Waals surface area contributed by atoms with Gasteiger partial charge in [-0.25, -0.2) is 28.1 Å². The van der Waals surface area contributed by atoms with E-state index in [0.717, 1.165) is 50.1 Å². The average molecular weight is 700 g/mol. The molecule has 0 saturated carbocycles. The zero-order chi connectivity index (χ0) is 37.7. The van der Waals surface area contributed by atoms with Crippen molar-refractivity contribution in [1.82, 2.24) is 13.7 Å². The summed E-state index contributed by atoms with van der Waals surface area (Å²) in [4.78, 5) is 45.1. The zero-order valence-corrected chi connectivity index (χ0v) is 31.8. The Labute approximate surface area is 301 Å². The van der Waals surface area contributed by atoms with Crippen LogP contribution in [-0.4, -0.2) is 48.8 Å². The third-order valence-corrected chi connectivity index (χ3v) is 11.2. The lowest BCUT2D eigenvalue weighted by molar-refractivity contribution is 0.149. The van der Waals surface area contributed by atoms with Crippen LogP contribution in [0.2, 0.25) is 0 Å². The third-order valence-electron chi connectivity index (χ3n) is 11.2. The molecule has 1 aromatic heterocycles. The molecule has 4 aromatic rings. The predicted octanol–water partition coefficient (Wildman–Crippen LogP) is 5.26. The molecular formula is C42H57N3O6. The molecule has 6 atom stereocenters. The van der Waals surface area contributed by atoms with Gasteiger partial charge in [-0.05, 0) is 111 Å². The Morgan fingerprint density at radius 3 is 0.804 bits per heavy atom. The normalized spacial score (nSPS) is 15.3. The first-order valence-corrected chi connectivity index (χ1v) is 18.2. The minimum Gasteiger partial charge on any atom is -0.396 e. The Kier molecular flexibility index (Phi) is 13.2. The number of aromatic nitrogens is 3. The largest absolute Gasteiger partial charge is 0.396 e. The molecular weight excluding hydrogens is 642 g/mol. The summed E-state index contributed by atoms with van der Waals surface area (Å²) >= 11 is 0. The van der Waals surface area contributed by atoms with Crippen LogP contribution in [0.15, 0.2) is 69.0 Å². The highest BCUT2D eigenvalue weighted by molar-refractivity contribution is 5.36. The van der Waals surface area contributed by atoms with Gasteiger partial charge in [-0.1, -0.05) is 75.4 Å². The lowest BCUT2D eigenvalue weighted by Crippen LogP contribution is -2.60. The maximum absolute atomic E-state index is 15.0. The molecule has 0 aliphatic carbocycles. The first-order chi connectivity index (χ1) is 24.2. The lowest BCUT2D eigenvalue weighted by atomic mass is 9.89. The monoisotopic (exact) mass is 699 g/mol. The Bertz CT molecular complexity index is 1690. The van der Waals surface area contributed by atoms with Gasteiger partial charge in [0.2, 0.25) is 0 Å². The topological polar surface area (TPSA) is 127 Å². The fourth-order valence-corrected chi connectivity index (χ4v) is 7.59. The first-order valence-electron chi connectivity index (χ1n) is 18.2. The van der Waals surface area contributed by atoms with E-state index >= 15 is 14.4 Å². The van der Waals surface area contributed by atoms with Gasteiger partial charge in [0.15, 0.2) is 0 Å². The number of aliphatic hydroxyl groups excluding tert-OH is 3. The van der Waals surface area contributed by atoms with Gasteiger partial charge in [0.25, 0.3) is 0 Å². The van der Waals surface area contributed by atoms with Gasteiger partial charge in [0, 0.05) is 37.6 Å². The van der Waals surface area contributed by atoms with Gasteiger partial charge in [-0.15, -0.1) is 0 Å². The first kappa shape index (κ1) is 39.7. The molecule has 3 aromatic carbocycles. The molecule has 51 heavy (non-hydrogen) atoms. The molecule has 276 valence electrons. The summed E-state index contributed by atoms with van der Waals surface area (Å²) in [6, 6.07) is 15.4.